The summed E-state index contributed by atoms with van der Waals surface area (Å²) in [4.78, 5) is 0. The van der Waals surface area contributed by atoms with Crippen LogP contribution in [-0.4, -0.2) is 16.4 Å². The summed E-state index contributed by atoms with van der Waals surface area (Å²) in [6.07, 6.45) is 2.58. The Morgan fingerprint density at radius 2 is 2.38 bits per heavy atom. The molecule has 2 unspecified atom stereocenters. The van der Waals surface area contributed by atoms with Crippen molar-refractivity contribution >= 4 is 0 Å². The van der Waals surface area contributed by atoms with Gasteiger partial charge in [0.15, 0.2) is 0 Å². The van der Waals surface area contributed by atoms with Gasteiger partial charge in [-0.2, -0.15) is 0 Å². The highest BCUT2D eigenvalue weighted by atomic mass is 16.6. The van der Waals surface area contributed by atoms with Gasteiger partial charge in [-0.3, -0.25) is 0 Å². The molecule has 0 radical (unpaired) electrons. The SMILES string of the molecule is CCC1CC1NCc1nonc1C. The van der Waals surface area contributed by atoms with E-state index in [0.717, 1.165) is 23.9 Å². The highest BCUT2D eigenvalue weighted by Gasteiger charge is 2.34. The van der Waals surface area contributed by atoms with E-state index in [9.17, 15) is 0 Å². The smallest absolute Gasteiger partial charge is 0.121 e. The van der Waals surface area contributed by atoms with E-state index in [-0.39, 0.29) is 0 Å². The summed E-state index contributed by atoms with van der Waals surface area (Å²) < 4.78 is 4.61. The van der Waals surface area contributed by atoms with E-state index in [0.29, 0.717) is 6.04 Å². The molecule has 1 fully saturated rings. The van der Waals surface area contributed by atoms with Crippen LogP contribution in [0.15, 0.2) is 4.63 Å². The molecule has 0 spiro atoms. The molecule has 2 atom stereocenters. The third-order valence-electron chi connectivity index (χ3n) is 2.73. The van der Waals surface area contributed by atoms with Gasteiger partial charge in [-0.25, -0.2) is 4.63 Å². The van der Waals surface area contributed by atoms with Crippen LogP contribution in [0.2, 0.25) is 0 Å². The van der Waals surface area contributed by atoms with E-state index in [1.807, 2.05) is 6.92 Å². The molecule has 1 aromatic heterocycles. The summed E-state index contributed by atoms with van der Waals surface area (Å²) in [5.74, 6) is 0.875. The number of hydrogen-bond donors (Lipinski definition) is 1. The highest BCUT2D eigenvalue weighted by Crippen LogP contribution is 2.33. The lowest BCUT2D eigenvalue weighted by atomic mass is 10.3. The third-order valence-corrected chi connectivity index (χ3v) is 2.73. The fourth-order valence-electron chi connectivity index (χ4n) is 1.59. The maximum Gasteiger partial charge on any atom is 0.121 e. The first-order valence-electron chi connectivity index (χ1n) is 4.82. The summed E-state index contributed by atoms with van der Waals surface area (Å²) in [5, 5.41) is 11.0. The molecule has 0 saturated heterocycles. The van der Waals surface area contributed by atoms with E-state index in [2.05, 4.69) is 27.2 Å². The summed E-state index contributed by atoms with van der Waals surface area (Å²) in [6, 6.07) is 0.695. The molecule has 1 N–H and O–H groups in total. The van der Waals surface area contributed by atoms with Gasteiger partial charge in [-0.05, 0) is 19.3 Å². The minimum Gasteiger partial charge on any atom is -0.308 e. The summed E-state index contributed by atoms with van der Waals surface area (Å²) >= 11 is 0. The van der Waals surface area contributed by atoms with Crippen LogP contribution in [-0.2, 0) is 6.54 Å². The van der Waals surface area contributed by atoms with Crippen molar-refractivity contribution in [2.24, 2.45) is 5.92 Å². The molecule has 0 amide bonds. The second kappa shape index (κ2) is 3.46. The zero-order chi connectivity index (χ0) is 9.26. The monoisotopic (exact) mass is 181 g/mol. The number of aryl methyl sites for hydroxylation is 1. The lowest BCUT2D eigenvalue weighted by Gasteiger charge is -1.99. The van der Waals surface area contributed by atoms with Crippen molar-refractivity contribution in [1.82, 2.24) is 15.6 Å². The van der Waals surface area contributed by atoms with Crippen molar-refractivity contribution in [1.29, 1.82) is 0 Å². The van der Waals surface area contributed by atoms with Gasteiger partial charge in [0.05, 0.1) is 0 Å². The van der Waals surface area contributed by atoms with Gasteiger partial charge in [0, 0.05) is 12.6 Å². The number of aromatic nitrogens is 2. The van der Waals surface area contributed by atoms with Crippen LogP contribution in [0.5, 0.6) is 0 Å². The Bertz CT molecular complexity index is 284. The van der Waals surface area contributed by atoms with E-state index in [1.54, 1.807) is 0 Å². The quantitative estimate of drug-likeness (QED) is 0.760. The van der Waals surface area contributed by atoms with Crippen molar-refractivity contribution in [2.75, 3.05) is 0 Å². The predicted octanol–water partition coefficient (Wildman–Crippen LogP) is 1.27. The molecule has 0 aromatic carbocycles. The molecule has 4 nitrogen and oxygen atoms in total. The van der Waals surface area contributed by atoms with Gasteiger partial charge in [-0.15, -0.1) is 0 Å². The van der Waals surface area contributed by atoms with E-state index >= 15 is 0 Å². The van der Waals surface area contributed by atoms with Crippen molar-refractivity contribution in [3.8, 4) is 0 Å². The first kappa shape index (κ1) is 8.69. The predicted molar refractivity (Wildman–Crippen MR) is 48.1 cm³/mol. The van der Waals surface area contributed by atoms with Crippen LogP contribution in [0, 0.1) is 12.8 Å². The minimum atomic E-state index is 0.695. The van der Waals surface area contributed by atoms with E-state index in [1.165, 1.54) is 12.8 Å². The number of nitrogens with one attached hydrogen (secondary N) is 1. The Morgan fingerprint density at radius 1 is 1.54 bits per heavy atom. The standard InChI is InChI=1S/C9H15N3O/c1-3-7-4-8(7)10-5-9-6(2)11-13-12-9/h7-8,10H,3-5H2,1-2H3. The Labute approximate surface area is 77.7 Å². The minimum absolute atomic E-state index is 0.695. The van der Waals surface area contributed by atoms with Crippen molar-refractivity contribution in [3.63, 3.8) is 0 Å². The fraction of sp³-hybridized carbons (Fsp3) is 0.778. The van der Waals surface area contributed by atoms with Crippen molar-refractivity contribution in [2.45, 2.75) is 39.3 Å². The molecule has 4 heteroatoms. The number of hydrogen-bond acceptors (Lipinski definition) is 4. The fourth-order valence-corrected chi connectivity index (χ4v) is 1.59. The molecule has 0 bridgehead atoms. The Morgan fingerprint density at radius 3 is 2.92 bits per heavy atom. The molecule has 72 valence electrons. The zero-order valence-electron chi connectivity index (χ0n) is 8.08. The van der Waals surface area contributed by atoms with Crippen molar-refractivity contribution < 1.29 is 4.63 Å². The van der Waals surface area contributed by atoms with Crippen LogP contribution < -0.4 is 5.32 Å². The molecule has 1 aliphatic rings. The molecule has 1 aliphatic carbocycles. The second-order valence-corrected chi connectivity index (χ2v) is 3.69. The number of rotatable bonds is 4. The number of nitrogens with zero attached hydrogens (tertiary/aromatic N) is 2. The van der Waals surface area contributed by atoms with Gasteiger partial charge >= 0.3 is 0 Å². The average molecular weight is 181 g/mol. The molecule has 1 aromatic rings. The topological polar surface area (TPSA) is 51.0 Å². The van der Waals surface area contributed by atoms with E-state index in [4.69, 9.17) is 0 Å². The lowest BCUT2D eigenvalue weighted by molar-refractivity contribution is 0.300. The van der Waals surface area contributed by atoms with Gasteiger partial charge in [-0.1, -0.05) is 23.7 Å². The largest absolute Gasteiger partial charge is 0.308 e. The van der Waals surface area contributed by atoms with Crippen LogP contribution in [0.4, 0.5) is 0 Å². The normalized spacial score (nSPS) is 26.3. The molecule has 1 saturated carbocycles. The van der Waals surface area contributed by atoms with Crippen LogP contribution in [0.25, 0.3) is 0 Å². The average Bonchev–Trinajstić information content (AvgIpc) is 2.79. The maximum atomic E-state index is 4.61. The first-order valence-corrected chi connectivity index (χ1v) is 4.82. The van der Waals surface area contributed by atoms with Gasteiger partial charge in [0.25, 0.3) is 0 Å². The zero-order valence-corrected chi connectivity index (χ0v) is 8.08. The third kappa shape index (κ3) is 1.88. The van der Waals surface area contributed by atoms with Gasteiger partial charge in [0.1, 0.15) is 11.4 Å². The van der Waals surface area contributed by atoms with Gasteiger partial charge in [0.2, 0.25) is 0 Å². The summed E-state index contributed by atoms with van der Waals surface area (Å²) in [6.45, 7) is 4.93. The van der Waals surface area contributed by atoms with Crippen LogP contribution in [0.1, 0.15) is 31.2 Å². The molecule has 2 rings (SSSR count). The maximum absolute atomic E-state index is 4.61. The first-order chi connectivity index (χ1) is 6.31. The molecular weight excluding hydrogens is 166 g/mol. The van der Waals surface area contributed by atoms with Crippen LogP contribution in [0.3, 0.4) is 0 Å². The van der Waals surface area contributed by atoms with Crippen molar-refractivity contribution in [3.05, 3.63) is 11.4 Å². The molecule has 0 aliphatic heterocycles. The highest BCUT2D eigenvalue weighted by molar-refractivity contribution is 5.05. The Balaban J connectivity index is 1.78. The summed E-state index contributed by atoms with van der Waals surface area (Å²) in [5.41, 5.74) is 1.82. The molecule has 1 heterocycles. The lowest BCUT2D eigenvalue weighted by Crippen LogP contribution is -2.18. The Hall–Kier alpha value is -0.900. The summed E-state index contributed by atoms with van der Waals surface area (Å²) in [7, 11) is 0. The van der Waals surface area contributed by atoms with E-state index < -0.39 is 0 Å². The van der Waals surface area contributed by atoms with Gasteiger partial charge < -0.3 is 5.32 Å². The Kier molecular flexibility index (Phi) is 2.31. The molecule has 13 heavy (non-hydrogen) atoms. The van der Waals surface area contributed by atoms with Crippen LogP contribution >= 0.6 is 0 Å². The molecular formula is C9H15N3O. The second-order valence-electron chi connectivity index (χ2n) is 3.69.